The molecule has 2 rings (SSSR count). The highest BCUT2D eigenvalue weighted by molar-refractivity contribution is 8.03. The summed E-state index contributed by atoms with van der Waals surface area (Å²) in [5.74, 6) is 0. The second-order valence-electron chi connectivity index (χ2n) is 8.21. The summed E-state index contributed by atoms with van der Waals surface area (Å²) in [5, 5.41) is 17.3. The zero-order valence-electron chi connectivity index (χ0n) is 19.7. The van der Waals surface area contributed by atoms with Gasteiger partial charge in [-0.1, -0.05) is 49.7 Å². The Morgan fingerprint density at radius 1 is 1.35 bits per heavy atom. The van der Waals surface area contributed by atoms with Gasteiger partial charge in [-0.3, -0.25) is 4.72 Å². The van der Waals surface area contributed by atoms with Crippen LogP contribution in [0.2, 0.25) is 0 Å². The van der Waals surface area contributed by atoms with Crippen LogP contribution in [0.1, 0.15) is 38.2 Å². The molecule has 0 spiro atoms. The number of anilines is 1. The molecule has 1 aliphatic rings. The maximum absolute atomic E-state index is 12.6. The summed E-state index contributed by atoms with van der Waals surface area (Å²) in [7, 11) is -1.83. The van der Waals surface area contributed by atoms with E-state index in [1.807, 2.05) is 18.4 Å². The predicted molar refractivity (Wildman–Crippen MR) is 134 cm³/mol. The fraction of sp³-hybridized carbons (Fsp3) is 0.545. The Bertz CT molecular complexity index is 962. The van der Waals surface area contributed by atoms with Gasteiger partial charge in [0.1, 0.15) is 4.93 Å². The van der Waals surface area contributed by atoms with E-state index < -0.39 is 27.1 Å². The molecule has 0 radical (unpaired) electrons. The minimum atomic E-state index is -3.40. The number of carbonyl (C=O) groups is 2. The Kier molecular flexibility index (Phi) is 10.5. The zero-order chi connectivity index (χ0) is 25.2. The summed E-state index contributed by atoms with van der Waals surface area (Å²) in [6.07, 6.45) is 4.94. The molecule has 0 bridgehead atoms. The van der Waals surface area contributed by atoms with Gasteiger partial charge < -0.3 is 25.4 Å². The maximum Gasteiger partial charge on any atom is 0.407 e. The van der Waals surface area contributed by atoms with Crippen LogP contribution in [0.5, 0.6) is 0 Å². The van der Waals surface area contributed by atoms with Crippen molar-refractivity contribution in [1.82, 2.24) is 15.5 Å². The predicted octanol–water partition coefficient (Wildman–Crippen LogP) is 3.39. The molecule has 10 nitrogen and oxygen atoms in total. The van der Waals surface area contributed by atoms with Crippen molar-refractivity contribution in [3.8, 4) is 0 Å². The van der Waals surface area contributed by atoms with Crippen LogP contribution in [0.4, 0.5) is 15.3 Å². The summed E-state index contributed by atoms with van der Waals surface area (Å²) >= 11 is 1.45. The van der Waals surface area contributed by atoms with Crippen LogP contribution in [-0.2, 0) is 21.3 Å². The summed E-state index contributed by atoms with van der Waals surface area (Å²) in [4.78, 5) is 25.2. The van der Waals surface area contributed by atoms with Crippen molar-refractivity contribution in [2.45, 2.75) is 50.1 Å². The number of rotatable bonds is 13. The maximum atomic E-state index is 12.6. The van der Waals surface area contributed by atoms with Crippen LogP contribution in [0.15, 0.2) is 35.7 Å². The van der Waals surface area contributed by atoms with E-state index in [-0.39, 0.29) is 25.7 Å². The molecule has 1 heterocycles. The monoisotopic (exact) mass is 514 g/mol. The fourth-order valence-corrected chi connectivity index (χ4v) is 5.06. The van der Waals surface area contributed by atoms with Crippen molar-refractivity contribution >= 4 is 39.6 Å². The number of carboxylic acid groups (broad SMARTS) is 1. The second kappa shape index (κ2) is 12.9. The number of nitrogens with one attached hydrogen (secondary N) is 3. The SMILES string of the molecule is CCCCC(CN(CC1(OC)CC=CS1)C(=O)O)NC(=O)NCc1cccc(NS(C)(=O)=O)c1. The Morgan fingerprint density at radius 3 is 2.71 bits per heavy atom. The Balaban J connectivity index is 1.98. The first-order chi connectivity index (χ1) is 16.1. The molecule has 34 heavy (non-hydrogen) atoms. The van der Waals surface area contributed by atoms with Crippen molar-refractivity contribution in [3.63, 3.8) is 0 Å². The van der Waals surface area contributed by atoms with Gasteiger partial charge in [-0.2, -0.15) is 0 Å². The van der Waals surface area contributed by atoms with E-state index in [9.17, 15) is 23.1 Å². The molecule has 0 saturated carbocycles. The third-order valence-electron chi connectivity index (χ3n) is 5.25. The normalized spacial score (nSPS) is 18.3. The highest BCUT2D eigenvalue weighted by Crippen LogP contribution is 2.37. The number of urea groups is 1. The molecule has 2 atom stereocenters. The van der Waals surface area contributed by atoms with Crippen molar-refractivity contribution in [3.05, 3.63) is 41.3 Å². The van der Waals surface area contributed by atoms with E-state index in [0.717, 1.165) is 19.1 Å². The van der Waals surface area contributed by atoms with Crippen molar-refractivity contribution in [1.29, 1.82) is 0 Å². The molecule has 2 unspecified atom stereocenters. The molecule has 4 N–H and O–H groups in total. The summed E-state index contributed by atoms with van der Waals surface area (Å²) < 4.78 is 30.8. The Hall–Kier alpha value is -2.44. The number of amides is 3. The highest BCUT2D eigenvalue weighted by Gasteiger charge is 2.36. The molecule has 12 heteroatoms. The van der Waals surface area contributed by atoms with Gasteiger partial charge in [-0.15, -0.1) is 0 Å². The van der Waals surface area contributed by atoms with Crippen LogP contribution in [0.25, 0.3) is 0 Å². The van der Waals surface area contributed by atoms with E-state index in [1.54, 1.807) is 31.4 Å². The quantitative estimate of drug-likeness (QED) is 0.317. The van der Waals surface area contributed by atoms with Crippen LogP contribution >= 0.6 is 11.8 Å². The average Bonchev–Trinajstić information content (AvgIpc) is 3.23. The molecule has 0 aliphatic carbocycles. The fourth-order valence-electron chi connectivity index (χ4n) is 3.55. The van der Waals surface area contributed by atoms with E-state index in [1.165, 1.54) is 16.7 Å². The third-order valence-corrected chi connectivity index (χ3v) is 7.07. The number of methoxy groups -OCH3 is 1. The number of thioether (sulfide) groups is 1. The van der Waals surface area contributed by atoms with E-state index in [4.69, 9.17) is 4.74 Å². The lowest BCUT2D eigenvalue weighted by Gasteiger charge is -2.34. The van der Waals surface area contributed by atoms with E-state index >= 15 is 0 Å². The Labute approximate surface area is 205 Å². The molecule has 3 amide bonds. The average molecular weight is 515 g/mol. The number of carbonyl (C=O) groups excluding carboxylic acids is 1. The van der Waals surface area contributed by atoms with Gasteiger partial charge in [0.05, 0.1) is 12.8 Å². The second-order valence-corrected chi connectivity index (χ2v) is 11.2. The number of sulfonamides is 1. The number of hydrogen-bond donors (Lipinski definition) is 4. The lowest BCUT2D eigenvalue weighted by Crippen LogP contribution is -2.51. The zero-order valence-corrected chi connectivity index (χ0v) is 21.4. The number of hydrogen-bond acceptors (Lipinski definition) is 6. The van der Waals surface area contributed by atoms with Gasteiger partial charge in [0.25, 0.3) is 0 Å². The molecule has 1 aliphatic heterocycles. The smallest absolute Gasteiger partial charge is 0.407 e. The highest BCUT2D eigenvalue weighted by atomic mass is 32.2. The first kappa shape index (κ1) is 27.8. The summed E-state index contributed by atoms with van der Waals surface area (Å²) in [6.45, 7) is 2.54. The van der Waals surface area contributed by atoms with Crippen molar-refractivity contribution in [2.75, 3.05) is 31.2 Å². The minimum absolute atomic E-state index is 0.141. The minimum Gasteiger partial charge on any atom is -0.465 e. The van der Waals surface area contributed by atoms with Gasteiger partial charge in [-0.05, 0) is 29.5 Å². The number of nitrogens with zero attached hydrogens (tertiary/aromatic N) is 1. The molecule has 1 aromatic rings. The van der Waals surface area contributed by atoms with Gasteiger partial charge in [-0.25, -0.2) is 18.0 Å². The molecule has 0 saturated heterocycles. The molecule has 190 valence electrons. The Morgan fingerprint density at radius 2 is 2.12 bits per heavy atom. The van der Waals surface area contributed by atoms with Crippen LogP contribution in [-0.4, -0.2) is 68.0 Å². The lowest BCUT2D eigenvalue weighted by molar-refractivity contribution is 0.0381. The molecule has 0 aromatic heterocycles. The largest absolute Gasteiger partial charge is 0.465 e. The van der Waals surface area contributed by atoms with Crippen molar-refractivity contribution < 1.29 is 27.9 Å². The standard InChI is InChI=1S/C22H34N4O6S2/c1-4-5-9-19(15-26(21(28)29)16-22(32-2)11-7-12-33-22)24-20(27)23-14-17-8-6-10-18(13-17)25-34(3,30)31/h6-8,10,12-13,19,25H,4-5,9,11,14-16H2,1-3H3,(H,28,29)(H2,23,24,27). The van der Waals surface area contributed by atoms with E-state index in [0.29, 0.717) is 24.1 Å². The molecular formula is C22H34N4O6S2. The van der Waals surface area contributed by atoms with Crippen LogP contribution < -0.4 is 15.4 Å². The van der Waals surface area contributed by atoms with Gasteiger partial charge >= 0.3 is 12.1 Å². The van der Waals surface area contributed by atoms with Gasteiger partial charge in [0, 0.05) is 38.3 Å². The summed E-state index contributed by atoms with van der Waals surface area (Å²) in [6, 6.07) is 5.93. The molecular weight excluding hydrogens is 480 g/mol. The van der Waals surface area contributed by atoms with Gasteiger partial charge in [0.15, 0.2) is 0 Å². The topological polar surface area (TPSA) is 137 Å². The molecule has 0 fully saturated rings. The number of ether oxygens (including phenoxy) is 1. The first-order valence-corrected chi connectivity index (χ1v) is 13.8. The lowest BCUT2D eigenvalue weighted by atomic mass is 10.1. The van der Waals surface area contributed by atoms with Crippen LogP contribution in [0.3, 0.4) is 0 Å². The first-order valence-electron chi connectivity index (χ1n) is 11.0. The van der Waals surface area contributed by atoms with Crippen LogP contribution in [0, 0.1) is 0 Å². The van der Waals surface area contributed by atoms with Gasteiger partial charge in [0.2, 0.25) is 10.0 Å². The number of benzene rings is 1. The van der Waals surface area contributed by atoms with Crippen molar-refractivity contribution in [2.24, 2.45) is 0 Å². The number of unbranched alkanes of at least 4 members (excludes halogenated alkanes) is 1. The molecule has 1 aromatic carbocycles. The third kappa shape index (κ3) is 9.43. The summed E-state index contributed by atoms with van der Waals surface area (Å²) in [5.41, 5.74) is 1.13. The van der Waals surface area contributed by atoms with E-state index in [2.05, 4.69) is 15.4 Å².